The van der Waals surface area contributed by atoms with Gasteiger partial charge in [-0.1, -0.05) is 0 Å². The SMILES string of the molecule is CCNC(=O)c1ccc(N2CCN(c3cnn(C)c3)C(=O)C2)nc1. The van der Waals surface area contributed by atoms with Crippen LogP contribution in [0.2, 0.25) is 0 Å². The van der Waals surface area contributed by atoms with Crippen LogP contribution in [-0.4, -0.2) is 52.8 Å². The van der Waals surface area contributed by atoms with Crippen LogP contribution in [0.4, 0.5) is 11.5 Å². The van der Waals surface area contributed by atoms with Crippen molar-refractivity contribution in [2.75, 3.05) is 36.0 Å². The molecule has 126 valence electrons. The van der Waals surface area contributed by atoms with E-state index in [0.29, 0.717) is 31.0 Å². The van der Waals surface area contributed by atoms with Gasteiger partial charge in [0.15, 0.2) is 0 Å². The number of aryl methyl sites for hydroxylation is 1. The van der Waals surface area contributed by atoms with Gasteiger partial charge < -0.3 is 15.1 Å². The third-order valence-electron chi connectivity index (χ3n) is 3.90. The van der Waals surface area contributed by atoms with E-state index in [0.717, 1.165) is 5.69 Å². The van der Waals surface area contributed by atoms with Crippen LogP contribution in [-0.2, 0) is 11.8 Å². The summed E-state index contributed by atoms with van der Waals surface area (Å²) >= 11 is 0. The number of carbonyl (C=O) groups excluding carboxylic acids is 2. The van der Waals surface area contributed by atoms with E-state index in [-0.39, 0.29) is 18.4 Å². The number of nitrogens with zero attached hydrogens (tertiary/aromatic N) is 5. The molecule has 8 nitrogen and oxygen atoms in total. The molecular weight excluding hydrogens is 308 g/mol. The fraction of sp³-hybridized carbons (Fsp3) is 0.375. The van der Waals surface area contributed by atoms with Gasteiger partial charge in [-0.2, -0.15) is 5.10 Å². The van der Waals surface area contributed by atoms with Crippen molar-refractivity contribution in [2.24, 2.45) is 7.05 Å². The largest absolute Gasteiger partial charge is 0.352 e. The number of carbonyl (C=O) groups is 2. The van der Waals surface area contributed by atoms with Gasteiger partial charge in [0.25, 0.3) is 5.91 Å². The molecule has 1 N–H and O–H groups in total. The first-order chi connectivity index (χ1) is 11.6. The van der Waals surface area contributed by atoms with E-state index in [1.54, 1.807) is 27.9 Å². The van der Waals surface area contributed by atoms with Crippen molar-refractivity contribution in [1.29, 1.82) is 0 Å². The standard InChI is InChI=1S/C16H20N6O2/c1-3-17-16(24)12-4-5-14(18-8-12)21-6-7-22(15(23)11-21)13-9-19-20(2)10-13/h4-5,8-10H,3,6-7,11H2,1-2H3,(H,17,24). The molecule has 0 atom stereocenters. The Morgan fingerprint density at radius 2 is 2.12 bits per heavy atom. The molecule has 0 bridgehead atoms. The highest BCUT2D eigenvalue weighted by atomic mass is 16.2. The van der Waals surface area contributed by atoms with Crippen LogP contribution in [0, 0.1) is 0 Å². The van der Waals surface area contributed by atoms with Gasteiger partial charge in [0.2, 0.25) is 5.91 Å². The Hall–Kier alpha value is -2.90. The number of piperazine rings is 1. The van der Waals surface area contributed by atoms with Crippen LogP contribution < -0.4 is 15.1 Å². The van der Waals surface area contributed by atoms with E-state index >= 15 is 0 Å². The maximum absolute atomic E-state index is 12.4. The minimum Gasteiger partial charge on any atom is -0.352 e. The topological polar surface area (TPSA) is 83.4 Å². The van der Waals surface area contributed by atoms with Gasteiger partial charge in [0.05, 0.1) is 24.0 Å². The molecule has 0 aliphatic carbocycles. The average Bonchev–Trinajstić information content (AvgIpc) is 3.01. The number of hydrogen-bond donors (Lipinski definition) is 1. The lowest BCUT2D eigenvalue weighted by Crippen LogP contribution is -2.50. The van der Waals surface area contributed by atoms with Crippen molar-refractivity contribution < 1.29 is 9.59 Å². The van der Waals surface area contributed by atoms with Crippen molar-refractivity contribution >= 4 is 23.3 Å². The molecule has 0 saturated carbocycles. The highest BCUT2D eigenvalue weighted by Gasteiger charge is 2.26. The molecule has 1 aliphatic heterocycles. The number of amides is 2. The molecule has 0 unspecified atom stereocenters. The maximum Gasteiger partial charge on any atom is 0.252 e. The Labute approximate surface area is 140 Å². The molecule has 0 aromatic carbocycles. The van der Waals surface area contributed by atoms with Crippen molar-refractivity contribution in [2.45, 2.75) is 6.92 Å². The molecule has 2 aromatic heterocycles. The number of hydrogen-bond acceptors (Lipinski definition) is 5. The van der Waals surface area contributed by atoms with Gasteiger partial charge in [-0.3, -0.25) is 14.3 Å². The molecule has 1 aliphatic rings. The van der Waals surface area contributed by atoms with E-state index in [2.05, 4.69) is 15.4 Å². The zero-order valence-corrected chi connectivity index (χ0v) is 13.8. The van der Waals surface area contributed by atoms with Crippen LogP contribution in [0.5, 0.6) is 0 Å². The van der Waals surface area contributed by atoms with Crippen molar-refractivity contribution in [3.63, 3.8) is 0 Å². The summed E-state index contributed by atoms with van der Waals surface area (Å²) in [6, 6.07) is 3.50. The van der Waals surface area contributed by atoms with Gasteiger partial charge in [0, 0.05) is 39.1 Å². The predicted octanol–water partition coefficient (Wildman–Crippen LogP) is 0.418. The summed E-state index contributed by atoms with van der Waals surface area (Å²) in [5.41, 5.74) is 1.32. The van der Waals surface area contributed by atoms with E-state index in [1.165, 1.54) is 6.20 Å². The summed E-state index contributed by atoms with van der Waals surface area (Å²) in [4.78, 5) is 32.1. The van der Waals surface area contributed by atoms with Gasteiger partial charge in [0.1, 0.15) is 5.82 Å². The first kappa shape index (κ1) is 16.0. The van der Waals surface area contributed by atoms with Crippen LogP contribution in [0.3, 0.4) is 0 Å². The summed E-state index contributed by atoms with van der Waals surface area (Å²) in [6.07, 6.45) is 5.05. The summed E-state index contributed by atoms with van der Waals surface area (Å²) in [5.74, 6) is 0.556. The minimum absolute atomic E-state index is 0.00357. The van der Waals surface area contributed by atoms with Crippen LogP contribution >= 0.6 is 0 Å². The smallest absolute Gasteiger partial charge is 0.252 e. The molecule has 2 aromatic rings. The average molecular weight is 328 g/mol. The second-order valence-corrected chi connectivity index (χ2v) is 5.60. The second kappa shape index (κ2) is 6.69. The molecule has 1 saturated heterocycles. The fourth-order valence-corrected chi connectivity index (χ4v) is 2.66. The molecule has 3 rings (SSSR count). The van der Waals surface area contributed by atoms with Crippen molar-refractivity contribution in [1.82, 2.24) is 20.1 Å². The third-order valence-corrected chi connectivity index (χ3v) is 3.90. The second-order valence-electron chi connectivity index (χ2n) is 5.60. The normalized spacial score (nSPS) is 14.8. The maximum atomic E-state index is 12.4. The number of nitrogens with one attached hydrogen (secondary N) is 1. The Bertz CT molecular complexity index is 739. The molecule has 24 heavy (non-hydrogen) atoms. The van der Waals surface area contributed by atoms with E-state index in [1.807, 2.05) is 25.1 Å². The first-order valence-electron chi connectivity index (χ1n) is 7.86. The number of anilines is 2. The lowest BCUT2D eigenvalue weighted by molar-refractivity contribution is -0.117. The van der Waals surface area contributed by atoms with Gasteiger partial charge in [-0.25, -0.2) is 4.98 Å². The zero-order valence-electron chi connectivity index (χ0n) is 13.8. The monoisotopic (exact) mass is 328 g/mol. The van der Waals surface area contributed by atoms with Crippen molar-refractivity contribution in [3.05, 3.63) is 36.3 Å². The van der Waals surface area contributed by atoms with E-state index < -0.39 is 0 Å². The summed E-state index contributed by atoms with van der Waals surface area (Å²) in [5, 5.41) is 6.84. The fourth-order valence-electron chi connectivity index (χ4n) is 2.66. The molecule has 3 heterocycles. The molecule has 1 fully saturated rings. The van der Waals surface area contributed by atoms with Crippen molar-refractivity contribution in [3.8, 4) is 0 Å². The molecule has 8 heteroatoms. The number of pyridine rings is 1. The third kappa shape index (κ3) is 3.22. The quantitative estimate of drug-likeness (QED) is 0.879. The Kier molecular flexibility index (Phi) is 4.45. The highest BCUT2D eigenvalue weighted by molar-refractivity contribution is 5.97. The van der Waals surface area contributed by atoms with Gasteiger partial charge >= 0.3 is 0 Å². The summed E-state index contributed by atoms with van der Waals surface area (Å²) < 4.78 is 1.68. The Morgan fingerprint density at radius 1 is 1.29 bits per heavy atom. The van der Waals surface area contributed by atoms with Crippen LogP contribution in [0.25, 0.3) is 0 Å². The Balaban J connectivity index is 1.67. The van der Waals surface area contributed by atoms with Gasteiger partial charge in [-0.05, 0) is 19.1 Å². The molecule has 0 radical (unpaired) electrons. The lowest BCUT2D eigenvalue weighted by atomic mass is 10.2. The molecule has 0 spiro atoms. The molecule has 2 amide bonds. The zero-order chi connectivity index (χ0) is 17.1. The number of rotatable bonds is 4. The van der Waals surface area contributed by atoms with E-state index in [4.69, 9.17) is 0 Å². The number of aromatic nitrogens is 3. The Morgan fingerprint density at radius 3 is 2.71 bits per heavy atom. The van der Waals surface area contributed by atoms with Crippen LogP contribution in [0.1, 0.15) is 17.3 Å². The summed E-state index contributed by atoms with van der Waals surface area (Å²) in [7, 11) is 1.82. The lowest BCUT2D eigenvalue weighted by Gasteiger charge is -2.34. The van der Waals surface area contributed by atoms with Crippen LogP contribution in [0.15, 0.2) is 30.7 Å². The highest BCUT2D eigenvalue weighted by Crippen LogP contribution is 2.19. The van der Waals surface area contributed by atoms with E-state index in [9.17, 15) is 9.59 Å². The molecular formula is C16H20N6O2. The van der Waals surface area contributed by atoms with Gasteiger partial charge in [-0.15, -0.1) is 0 Å². The predicted molar refractivity (Wildman–Crippen MR) is 90.0 cm³/mol. The first-order valence-corrected chi connectivity index (χ1v) is 7.86. The summed E-state index contributed by atoms with van der Waals surface area (Å²) in [6.45, 7) is 3.94. The minimum atomic E-state index is -0.144.